The molecule has 0 nitrogen and oxygen atoms in total. The third kappa shape index (κ3) is 4.07. The van der Waals surface area contributed by atoms with Crippen LogP contribution in [0.4, 0.5) is 0 Å². The van der Waals surface area contributed by atoms with E-state index in [1.807, 2.05) is 0 Å². The summed E-state index contributed by atoms with van der Waals surface area (Å²) in [7, 11) is 0. The van der Waals surface area contributed by atoms with E-state index >= 15 is 0 Å². The second-order valence-electron chi connectivity index (χ2n) is 2.94. The van der Waals surface area contributed by atoms with Gasteiger partial charge in [-0.1, -0.05) is 0 Å². The Kier molecular flexibility index (Phi) is 6.50. The Balaban J connectivity index is 2.11. The van der Waals surface area contributed by atoms with E-state index in [0.717, 1.165) is 22.0 Å². The maximum Gasteiger partial charge on any atom is 0.0146 e. The van der Waals surface area contributed by atoms with E-state index in [1.165, 1.54) is 24.3 Å². The fourth-order valence-electron chi connectivity index (χ4n) is 1.20. The molecule has 0 radical (unpaired) electrons. The first kappa shape index (κ1) is 11.5. The van der Waals surface area contributed by atoms with E-state index in [0.29, 0.717) is 0 Å². The molecule has 0 aliphatic carbocycles. The average molecular weight is 240 g/mol. The predicted octanol–water partition coefficient (Wildman–Crippen LogP) is 2.84. The molecule has 0 aromatic heterocycles. The van der Waals surface area contributed by atoms with Crippen molar-refractivity contribution in [1.29, 1.82) is 0 Å². The first-order valence-electron chi connectivity index (χ1n) is 4.31. The zero-order chi connectivity index (χ0) is 8.81. The van der Waals surface area contributed by atoms with Crippen LogP contribution in [0.3, 0.4) is 0 Å². The van der Waals surface area contributed by atoms with Gasteiger partial charge in [-0.05, 0) is 24.3 Å². The fraction of sp³-hybridized carbons (Fsp3) is 1.00. The summed E-state index contributed by atoms with van der Waals surface area (Å²) in [6.45, 7) is 0. The Hall–Kier alpha value is 1.40. The summed E-state index contributed by atoms with van der Waals surface area (Å²) in [4.78, 5) is 0. The molecule has 0 spiro atoms. The number of thiol groups is 2. The molecule has 12 heavy (non-hydrogen) atoms. The normalized spacial score (nSPS) is 30.5. The van der Waals surface area contributed by atoms with Crippen LogP contribution in [-0.4, -0.2) is 33.5 Å². The number of rotatable bonds is 4. The van der Waals surface area contributed by atoms with E-state index in [9.17, 15) is 0 Å². The molecule has 4 heteroatoms. The van der Waals surface area contributed by atoms with E-state index in [2.05, 4.69) is 48.8 Å². The van der Waals surface area contributed by atoms with Gasteiger partial charge in [0, 0.05) is 22.0 Å². The predicted molar refractivity (Wildman–Crippen MR) is 69.4 cm³/mol. The van der Waals surface area contributed by atoms with Gasteiger partial charge in [0.05, 0.1) is 0 Å². The minimum absolute atomic E-state index is 0.865. The maximum absolute atomic E-state index is 4.26. The SMILES string of the molecule is SCCC1CSC(CCS)CS1. The molecule has 1 aliphatic heterocycles. The van der Waals surface area contributed by atoms with Crippen LogP contribution in [0.25, 0.3) is 0 Å². The number of hydrogen-bond acceptors (Lipinski definition) is 4. The quantitative estimate of drug-likeness (QED) is 0.725. The Morgan fingerprint density at radius 1 is 0.917 bits per heavy atom. The van der Waals surface area contributed by atoms with Crippen molar-refractivity contribution < 1.29 is 0 Å². The van der Waals surface area contributed by atoms with Gasteiger partial charge in [0.15, 0.2) is 0 Å². The third-order valence-corrected chi connectivity index (χ3v) is 5.81. The topological polar surface area (TPSA) is 0 Å². The van der Waals surface area contributed by atoms with Gasteiger partial charge in [0.25, 0.3) is 0 Å². The van der Waals surface area contributed by atoms with Crippen LogP contribution in [-0.2, 0) is 0 Å². The van der Waals surface area contributed by atoms with Crippen LogP contribution >= 0.6 is 48.8 Å². The van der Waals surface area contributed by atoms with Gasteiger partial charge in [-0.15, -0.1) is 0 Å². The highest BCUT2D eigenvalue weighted by Gasteiger charge is 2.20. The highest BCUT2D eigenvalue weighted by molar-refractivity contribution is 8.07. The summed E-state index contributed by atoms with van der Waals surface area (Å²) in [5.74, 6) is 4.72. The van der Waals surface area contributed by atoms with Crippen LogP contribution < -0.4 is 0 Å². The van der Waals surface area contributed by atoms with Gasteiger partial charge < -0.3 is 0 Å². The average Bonchev–Trinajstić information content (AvgIpc) is 2.09. The van der Waals surface area contributed by atoms with Crippen molar-refractivity contribution in [3.8, 4) is 0 Å². The van der Waals surface area contributed by atoms with Crippen molar-refractivity contribution in [3.63, 3.8) is 0 Å². The smallest absolute Gasteiger partial charge is 0.0146 e. The van der Waals surface area contributed by atoms with Crippen molar-refractivity contribution in [1.82, 2.24) is 0 Å². The second kappa shape index (κ2) is 6.80. The van der Waals surface area contributed by atoms with E-state index in [1.54, 1.807) is 0 Å². The molecule has 1 heterocycles. The molecule has 1 saturated heterocycles. The standard InChI is InChI=1S/C8H16S4/c9-3-1-7-5-12-8(2-4-10)6-11-7/h7-10H,1-6H2. The Bertz CT molecular complexity index is 95.6. The lowest BCUT2D eigenvalue weighted by molar-refractivity contribution is 0.873. The van der Waals surface area contributed by atoms with Crippen LogP contribution in [0.15, 0.2) is 0 Å². The van der Waals surface area contributed by atoms with Gasteiger partial charge in [0.2, 0.25) is 0 Å². The summed E-state index contributed by atoms with van der Waals surface area (Å²) in [5, 5.41) is 1.73. The van der Waals surface area contributed by atoms with Crippen LogP contribution in [0.5, 0.6) is 0 Å². The summed E-state index contributed by atoms with van der Waals surface area (Å²) >= 11 is 12.8. The molecular weight excluding hydrogens is 224 g/mol. The van der Waals surface area contributed by atoms with Crippen LogP contribution in [0.1, 0.15) is 12.8 Å². The number of thioether (sulfide) groups is 2. The van der Waals surface area contributed by atoms with Gasteiger partial charge in [0.1, 0.15) is 0 Å². The van der Waals surface area contributed by atoms with Crippen molar-refractivity contribution in [2.24, 2.45) is 0 Å². The largest absolute Gasteiger partial charge is 0.179 e. The molecule has 72 valence electrons. The first-order valence-corrected chi connectivity index (χ1v) is 7.68. The molecule has 0 aromatic rings. The summed E-state index contributed by atoms with van der Waals surface area (Å²) in [6.07, 6.45) is 2.54. The monoisotopic (exact) mass is 240 g/mol. The minimum atomic E-state index is 0.865. The zero-order valence-corrected chi connectivity index (χ0v) is 10.5. The summed E-state index contributed by atoms with van der Waals surface area (Å²) in [6, 6.07) is 0. The van der Waals surface area contributed by atoms with Gasteiger partial charge in [-0.3, -0.25) is 0 Å². The highest BCUT2D eigenvalue weighted by atomic mass is 32.2. The Labute approximate surface area is 94.8 Å². The summed E-state index contributed by atoms with van der Waals surface area (Å²) in [5.41, 5.74) is 0. The lowest BCUT2D eigenvalue weighted by Crippen LogP contribution is -2.22. The van der Waals surface area contributed by atoms with Crippen molar-refractivity contribution in [3.05, 3.63) is 0 Å². The third-order valence-electron chi connectivity index (χ3n) is 1.94. The molecule has 0 bridgehead atoms. The lowest BCUT2D eigenvalue weighted by Gasteiger charge is -2.26. The fourth-order valence-corrected chi connectivity index (χ4v) is 5.29. The molecule has 1 fully saturated rings. The molecule has 0 N–H and O–H groups in total. The van der Waals surface area contributed by atoms with E-state index in [-0.39, 0.29) is 0 Å². The van der Waals surface area contributed by atoms with Gasteiger partial charge in [-0.25, -0.2) is 0 Å². The van der Waals surface area contributed by atoms with Crippen LogP contribution in [0, 0.1) is 0 Å². The lowest BCUT2D eigenvalue weighted by atomic mass is 10.3. The molecular formula is C8H16S4. The van der Waals surface area contributed by atoms with Crippen molar-refractivity contribution in [2.45, 2.75) is 23.3 Å². The molecule has 2 unspecified atom stereocenters. The molecule has 2 atom stereocenters. The molecule has 1 aliphatic rings. The Morgan fingerprint density at radius 2 is 1.33 bits per heavy atom. The van der Waals surface area contributed by atoms with E-state index < -0.39 is 0 Å². The van der Waals surface area contributed by atoms with E-state index in [4.69, 9.17) is 0 Å². The second-order valence-corrected chi connectivity index (χ2v) is 6.50. The number of hydrogen-bond donors (Lipinski definition) is 2. The van der Waals surface area contributed by atoms with Gasteiger partial charge in [-0.2, -0.15) is 48.8 Å². The van der Waals surface area contributed by atoms with Crippen molar-refractivity contribution >= 4 is 48.8 Å². The minimum Gasteiger partial charge on any atom is -0.179 e. The zero-order valence-electron chi connectivity index (χ0n) is 7.11. The maximum atomic E-state index is 4.26. The molecule has 0 aromatic carbocycles. The molecule has 0 saturated carbocycles. The van der Waals surface area contributed by atoms with Crippen LogP contribution in [0.2, 0.25) is 0 Å². The molecule has 1 rings (SSSR count). The van der Waals surface area contributed by atoms with Gasteiger partial charge >= 0.3 is 0 Å². The molecule has 0 amide bonds. The highest BCUT2D eigenvalue weighted by Crippen LogP contribution is 2.33. The Morgan fingerprint density at radius 3 is 1.58 bits per heavy atom. The summed E-state index contributed by atoms with van der Waals surface area (Å²) < 4.78 is 0. The first-order chi connectivity index (χ1) is 5.86. The van der Waals surface area contributed by atoms with Crippen molar-refractivity contribution in [2.75, 3.05) is 23.0 Å².